The van der Waals surface area contributed by atoms with Gasteiger partial charge in [-0.15, -0.1) is 0 Å². The molecule has 0 fully saturated rings. The first-order valence-corrected chi connectivity index (χ1v) is 12.4. The summed E-state index contributed by atoms with van der Waals surface area (Å²) in [6, 6.07) is 0. The van der Waals surface area contributed by atoms with Crippen LogP contribution in [0.3, 0.4) is 0 Å². The van der Waals surface area contributed by atoms with Gasteiger partial charge in [-0.1, -0.05) is 85.0 Å². The van der Waals surface area contributed by atoms with Gasteiger partial charge < -0.3 is 15.3 Å². The van der Waals surface area contributed by atoms with Gasteiger partial charge in [0.25, 0.3) is 0 Å². The molecule has 0 heterocycles. The molecule has 0 aliphatic heterocycles. The minimum atomic E-state index is -2.89. The molecule has 0 saturated carbocycles. The highest BCUT2D eigenvalue weighted by molar-refractivity contribution is 6.16. The largest absolute Gasteiger partial charge is 0.393 e. The van der Waals surface area contributed by atoms with E-state index in [1.165, 1.54) is 0 Å². The van der Waals surface area contributed by atoms with Crippen molar-refractivity contribution in [3.63, 3.8) is 0 Å². The van der Waals surface area contributed by atoms with Gasteiger partial charge in [0.2, 0.25) is 5.60 Å². The second-order valence-corrected chi connectivity index (χ2v) is 8.78. The standard InChI is InChI=1S/C25H46O6/c1-4-7-10-12-15-18-22(28)25(31,23(29)19-16-13-11-8-5-2)24(30,20-26)21(27)17-14-9-6-3/h26,30-31H,4-20H2,1-3H3. The zero-order valence-corrected chi connectivity index (χ0v) is 20.1. The normalized spacial score (nSPS) is 13.7. The summed E-state index contributed by atoms with van der Waals surface area (Å²) in [6.45, 7) is 4.96. The van der Waals surface area contributed by atoms with E-state index in [-0.39, 0.29) is 19.3 Å². The number of unbranched alkanes of at least 4 members (excludes halogenated alkanes) is 10. The molecular weight excluding hydrogens is 396 g/mol. The molecule has 0 radical (unpaired) electrons. The van der Waals surface area contributed by atoms with Gasteiger partial charge >= 0.3 is 0 Å². The van der Waals surface area contributed by atoms with Crippen LogP contribution in [0.4, 0.5) is 0 Å². The van der Waals surface area contributed by atoms with Crippen LogP contribution in [0.15, 0.2) is 0 Å². The summed E-state index contributed by atoms with van der Waals surface area (Å²) < 4.78 is 0. The van der Waals surface area contributed by atoms with Crippen molar-refractivity contribution >= 4 is 17.3 Å². The maximum atomic E-state index is 13.0. The topological polar surface area (TPSA) is 112 Å². The molecule has 0 saturated heterocycles. The van der Waals surface area contributed by atoms with Crippen molar-refractivity contribution in [3.8, 4) is 0 Å². The van der Waals surface area contributed by atoms with Gasteiger partial charge in [0.15, 0.2) is 23.0 Å². The Morgan fingerprint density at radius 3 is 1.26 bits per heavy atom. The first kappa shape index (κ1) is 29.9. The average Bonchev–Trinajstić information content (AvgIpc) is 2.77. The van der Waals surface area contributed by atoms with Crippen LogP contribution in [0.25, 0.3) is 0 Å². The van der Waals surface area contributed by atoms with Crippen molar-refractivity contribution in [1.29, 1.82) is 0 Å². The molecule has 1 unspecified atom stereocenters. The fraction of sp³-hybridized carbons (Fsp3) is 0.880. The van der Waals surface area contributed by atoms with E-state index in [4.69, 9.17) is 0 Å². The van der Waals surface area contributed by atoms with Crippen LogP contribution >= 0.6 is 0 Å². The molecule has 1 atom stereocenters. The van der Waals surface area contributed by atoms with E-state index in [2.05, 4.69) is 13.8 Å². The minimum absolute atomic E-state index is 0.0965. The van der Waals surface area contributed by atoms with Crippen LogP contribution in [0.1, 0.15) is 124 Å². The number of carbonyl (C=O) groups is 3. The lowest BCUT2D eigenvalue weighted by Gasteiger charge is -2.39. The number of aliphatic hydroxyl groups is 3. The highest BCUT2D eigenvalue weighted by Crippen LogP contribution is 2.31. The number of hydrogen-bond donors (Lipinski definition) is 3. The zero-order valence-electron chi connectivity index (χ0n) is 20.1. The molecule has 31 heavy (non-hydrogen) atoms. The SMILES string of the molecule is CCCCCCCC(=O)C(O)(C(=O)CCCCCCC)C(O)(CO)C(=O)CCCCC. The molecular formula is C25H46O6. The summed E-state index contributed by atoms with van der Waals surface area (Å²) in [6.07, 6.45) is 10.3. The molecule has 0 aromatic rings. The van der Waals surface area contributed by atoms with Gasteiger partial charge in [-0.3, -0.25) is 14.4 Å². The Labute approximate surface area is 188 Å². The Bertz CT molecular complexity index is 504. The van der Waals surface area contributed by atoms with Gasteiger partial charge in [0.05, 0.1) is 6.61 Å². The molecule has 0 aromatic heterocycles. The predicted octanol–water partition coefficient (Wildman–Crippen LogP) is 4.45. The monoisotopic (exact) mass is 442 g/mol. The first-order valence-electron chi connectivity index (χ1n) is 12.4. The number of ketones is 3. The lowest BCUT2D eigenvalue weighted by molar-refractivity contribution is -0.194. The predicted molar refractivity (Wildman–Crippen MR) is 123 cm³/mol. The van der Waals surface area contributed by atoms with Gasteiger partial charge in [0, 0.05) is 19.3 Å². The molecule has 0 amide bonds. The van der Waals surface area contributed by atoms with E-state index in [1.54, 1.807) is 0 Å². The molecule has 182 valence electrons. The third-order valence-electron chi connectivity index (χ3n) is 6.12. The lowest BCUT2D eigenvalue weighted by Crippen LogP contribution is -2.69. The van der Waals surface area contributed by atoms with Crippen LogP contribution in [-0.2, 0) is 14.4 Å². The van der Waals surface area contributed by atoms with Crippen LogP contribution in [-0.4, -0.2) is 50.5 Å². The summed E-state index contributed by atoms with van der Waals surface area (Å²) in [5.74, 6) is -2.56. The fourth-order valence-corrected chi connectivity index (χ4v) is 3.90. The third-order valence-corrected chi connectivity index (χ3v) is 6.12. The molecule has 6 heteroatoms. The van der Waals surface area contributed by atoms with Crippen molar-refractivity contribution in [2.24, 2.45) is 0 Å². The molecule has 0 aromatic carbocycles. The zero-order chi connectivity index (χ0) is 23.8. The quantitative estimate of drug-likeness (QED) is 0.179. The molecule has 0 aliphatic rings. The second-order valence-electron chi connectivity index (χ2n) is 8.78. The van der Waals surface area contributed by atoms with Crippen molar-refractivity contribution < 1.29 is 29.7 Å². The lowest BCUT2D eigenvalue weighted by atomic mass is 9.71. The summed E-state index contributed by atoms with van der Waals surface area (Å²) in [5, 5.41) is 32.2. The number of carbonyl (C=O) groups excluding carboxylic acids is 3. The van der Waals surface area contributed by atoms with Crippen molar-refractivity contribution in [2.75, 3.05) is 6.61 Å². The maximum Gasteiger partial charge on any atom is 0.219 e. The molecule has 0 spiro atoms. The van der Waals surface area contributed by atoms with Crippen LogP contribution in [0, 0.1) is 0 Å². The van der Waals surface area contributed by atoms with Gasteiger partial charge in [0.1, 0.15) is 0 Å². The number of rotatable bonds is 21. The summed E-state index contributed by atoms with van der Waals surface area (Å²) in [7, 11) is 0. The summed E-state index contributed by atoms with van der Waals surface area (Å²) >= 11 is 0. The van der Waals surface area contributed by atoms with E-state index in [9.17, 15) is 29.7 Å². The Hall–Kier alpha value is -1.11. The van der Waals surface area contributed by atoms with Gasteiger partial charge in [-0.2, -0.15) is 0 Å². The van der Waals surface area contributed by atoms with Crippen LogP contribution < -0.4 is 0 Å². The van der Waals surface area contributed by atoms with Crippen LogP contribution in [0.2, 0.25) is 0 Å². The fourth-order valence-electron chi connectivity index (χ4n) is 3.90. The van der Waals surface area contributed by atoms with Gasteiger partial charge in [-0.05, 0) is 19.3 Å². The number of hydrogen-bond acceptors (Lipinski definition) is 6. The van der Waals surface area contributed by atoms with E-state index in [0.717, 1.165) is 64.2 Å². The third kappa shape index (κ3) is 9.11. The second kappa shape index (κ2) is 16.5. The molecule has 3 N–H and O–H groups in total. The Morgan fingerprint density at radius 1 is 0.548 bits per heavy atom. The van der Waals surface area contributed by atoms with Crippen molar-refractivity contribution in [2.45, 2.75) is 135 Å². The highest BCUT2D eigenvalue weighted by atomic mass is 16.4. The van der Waals surface area contributed by atoms with Gasteiger partial charge in [-0.25, -0.2) is 0 Å². The van der Waals surface area contributed by atoms with E-state index < -0.39 is 35.2 Å². The minimum Gasteiger partial charge on any atom is -0.393 e. The Morgan fingerprint density at radius 2 is 0.871 bits per heavy atom. The van der Waals surface area contributed by atoms with Crippen LogP contribution in [0.5, 0.6) is 0 Å². The molecule has 0 aliphatic carbocycles. The van der Waals surface area contributed by atoms with E-state index >= 15 is 0 Å². The molecule has 0 bridgehead atoms. The summed E-state index contributed by atoms with van der Waals surface area (Å²) in [5.41, 5.74) is -5.68. The average molecular weight is 443 g/mol. The van der Waals surface area contributed by atoms with E-state index in [0.29, 0.717) is 19.3 Å². The number of Topliss-reactive ketones (excluding diaryl/α,β-unsaturated/α-hetero) is 3. The Balaban J connectivity index is 5.52. The Kier molecular flexibility index (Phi) is 15.9. The smallest absolute Gasteiger partial charge is 0.219 e. The molecule has 0 rings (SSSR count). The maximum absolute atomic E-state index is 13.0. The van der Waals surface area contributed by atoms with Crippen molar-refractivity contribution in [3.05, 3.63) is 0 Å². The first-order chi connectivity index (χ1) is 14.8. The highest BCUT2D eigenvalue weighted by Gasteiger charge is 2.62. The molecule has 6 nitrogen and oxygen atoms in total. The van der Waals surface area contributed by atoms with Crippen molar-refractivity contribution in [1.82, 2.24) is 0 Å². The van der Waals surface area contributed by atoms with E-state index in [1.807, 2.05) is 6.92 Å². The summed E-state index contributed by atoms with van der Waals surface area (Å²) in [4.78, 5) is 38.8. The number of aliphatic hydroxyl groups excluding tert-OH is 1.